The Labute approximate surface area is 203 Å². The van der Waals surface area contributed by atoms with Crippen molar-refractivity contribution in [1.29, 1.82) is 0 Å². The van der Waals surface area contributed by atoms with E-state index in [-0.39, 0.29) is 5.91 Å². The van der Waals surface area contributed by atoms with Crippen LogP contribution in [0.2, 0.25) is 0 Å². The van der Waals surface area contributed by atoms with Crippen molar-refractivity contribution < 1.29 is 9.53 Å². The summed E-state index contributed by atoms with van der Waals surface area (Å²) in [6.45, 7) is 2.49. The first-order chi connectivity index (χ1) is 17.3. The highest BCUT2D eigenvalue weighted by molar-refractivity contribution is 5.95. The van der Waals surface area contributed by atoms with Gasteiger partial charge in [-0.3, -0.25) is 4.79 Å². The summed E-state index contributed by atoms with van der Waals surface area (Å²) in [6, 6.07) is 11.8. The maximum Gasteiger partial charge on any atom is 0.254 e. The minimum absolute atomic E-state index is 0.0578. The third-order valence-electron chi connectivity index (χ3n) is 6.43. The van der Waals surface area contributed by atoms with Crippen LogP contribution in [0, 0.1) is 11.8 Å². The molecule has 6 nitrogen and oxygen atoms in total. The maximum atomic E-state index is 12.8. The number of ether oxygens (including phenoxy) is 1. The van der Waals surface area contributed by atoms with Crippen molar-refractivity contribution in [2.75, 3.05) is 26.3 Å². The van der Waals surface area contributed by atoms with Crippen molar-refractivity contribution >= 4 is 22.5 Å². The molecule has 1 N–H and O–H groups in total. The molecule has 172 valence electrons. The Morgan fingerprint density at radius 3 is 2.71 bits per heavy atom. The van der Waals surface area contributed by atoms with E-state index in [1.165, 1.54) is 0 Å². The Hall–Kier alpha value is -4.34. The number of nitrogens with one attached hydrogen (secondary N) is 1. The number of fused-ring (bicyclic) bond motifs is 2. The fourth-order valence-electron chi connectivity index (χ4n) is 4.51. The lowest BCUT2D eigenvalue weighted by Gasteiger charge is -2.28. The molecule has 3 aliphatic heterocycles. The third-order valence-corrected chi connectivity index (χ3v) is 6.43. The van der Waals surface area contributed by atoms with Crippen LogP contribution in [-0.4, -0.2) is 52.0 Å². The largest absolute Gasteiger partial charge is 0.378 e. The number of morpholine rings is 1. The molecule has 3 aromatic rings. The highest BCUT2D eigenvalue weighted by Gasteiger charge is 2.20. The summed E-state index contributed by atoms with van der Waals surface area (Å²) in [5.41, 5.74) is 6.68. The molecule has 6 heteroatoms. The van der Waals surface area contributed by atoms with E-state index in [4.69, 9.17) is 4.74 Å². The lowest BCUT2D eigenvalue weighted by molar-refractivity contribution is 0.0303. The van der Waals surface area contributed by atoms with Crippen LogP contribution in [0.3, 0.4) is 0 Å². The van der Waals surface area contributed by atoms with E-state index < -0.39 is 0 Å². The van der Waals surface area contributed by atoms with Gasteiger partial charge in [0.05, 0.1) is 18.9 Å². The summed E-state index contributed by atoms with van der Waals surface area (Å²) < 4.78 is 5.36. The van der Waals surface area contributed by atoms with Gasteiger partial charge in [0.25, 0.3) is 5.91 Å². The summed E-state index contributed by atoms with van der Waals surface area (Å²) in [6.07, 6.45) is 15.2. The minimum atomic E-state index is 0.0578. The molecule has 1 aromatic carbocycles. The number of H-pyrrole nitrogens is 1. The van der Waals surface area contributed by atoms with Crippen molar-refractivity contribution in [2.45, 2.75) is 6.42 Å². The number of carbonyl (C=O) groups excluding carboxylic acids is 1. The molecular formula is C29H24N4O2. The van der Waals surface area contributed by atoms with Gasteiger partial charge in [0.2, 0.25) is 0 Å². The van der Waals surface area contributed by atoms with Gasteiger partial charge in [-0.1, -0.05) is 30.2 Å². The van der Waals surface area contributed by atoms with Crippen LogP contribution < -0.4 is 0 Å². The van der Waals surface area contributed by atoms with E-state index >= 15 is 0 Å². The van der Waals surface area contributed by atoms with Crippen molar-refractivity contribution in [1.82, 2.24) is 19.8 Å². The summed E-state index contributed by atoms with van der Waals surface area (Å²) in [4.78, 5) is 24.2. The summed E-state index contributed by atoms with van der Waals surface area (Å²) in [5.74, 6) is 6.76. The number of allylic oxidation sites excluding steroid dienone is 6. The van der Waals surface area contributed by atoms with Crippen molar-refractivity contribution in [3.8, 4) is 11.8 Å². The smallest absolute Gasteiger partial charge is 0.254 e. The molecule has 3 aliphatic rings. The van der Waals surface area contributed by atoms with Gasteiger partial charge in [-0.2, -0.15) is 0 Å². The van der Waals surface area contributed by atoms with E-state index in [9.17, 15) is 4.79 Å². The van der Waals surface area contributed by atoms with Crippen LogP contribution >= 0.6 is 0 Å². The zero-order chi connectivity index (χ0) is 23.6. The first-order valence-corrected chi connectivity index (χ1v) is 11.8. The standard InChI is InChI=1S/C29H24N4O2/c34-29(32-16-18-35-19-17-32)23-6-4-21(5-7-23)24-9-11-26-3-1-2-25(33(26)20-24)10-8-22-12-14-30-28-27(22)13-15-31-28/h2-7,9,11-15,20H,1,16-19H2,(H,30,31). The molecule has 1 fully saturated rings. The van der Waals surface area contributed by atoms with E-state index in [0.29, 0.717) is 31.9 Å². The van der Waals surface area contributed by atoms with Gasteiger partial charge in [-0.05, 0) is 59.9 Å². The molecule has 0 atom stereocenters. The number of pyridine rings is 1. The molecule has 1 saturated heterocycles. The second kappa shape index (κ2) is 9.13. The summed E-state index contributed by atoms with van der Waals surface area (Å²) in [7, 11) is 0. The molecule has 0 bridgehead atoms. The second-order valence-corrected chi connectivity index (χ2v) is 8.57. The summed E-state index contributed by atoms with van der Waals surface area (Å²) in [5, 5.41) is 1.02. The zero-order valence-electron chi connectivity index (χ0n) is 19.2. The predicted octanol–water partition coefficient (Wildman–Crippen LogP) is 4.47. The second-order valence-electron chi connectivity index (χ2n) is 8.57. The number of aromatic nitrogens is 2. The average Bonchev–Trinajstić information content (AvgIpc) is 3.41. The number of aromatic amines is 1. The number of amides is 1. The molecule has 0 aliphatic carbocycles. The quantitative estimate of drug-likeness (QED) is 0.573. The first kappa shape index (κ1) is 21.2. The molecule has 1 amide bonds. The Kier molecular flexibility index (Phi) is 5.53. The molecule has 0 radical (unpaired) electrons. The molecular weight excluding hydrogens is 436 g/mol. The number of hydrogen-bond acceptors (Lipinski definition) is 4. The predicted molar refractivity (Wildman–Crippen MR) is 136 cm³/mol. The highest BCUT2D eigenvalue weighted by atomic mass is 16.5. The zero-order valence-corrected chi connectivity index (χ0v) is 19.2. The van der Waals surface area contributed by atoms with Gasteiger partial charge >= 0.3 is 0 Å². The highest BCUT2D eigenvalue weighted by Crippen LogP contribution is 2.30. The minimum Gasteiger partial charge on any atom is -0.378 e. The third kappa shape index (κ3) is 4.18. The van der Waals surface area contributed by atoms with Crippen LogP contribution in [0.4, 0.5) is 0 Å². The lowest BCUT2D eigenvalue weighted by Crippen LogP contribution is -2.40. The normalized spacial score (nSPS) is 17.2. The number of rotatable bonds is 2. The van der Waals surface area contributed by atoms with Gasteiger partial charge < -0.3 is 19.5 Å². The monoisotopic (exact) mass is 460 g/mol. The SMILES string of the molecule is O=C(c1ccc(C2=CN3C(C#Cc4ccnc5[nH]ccc45)=CCC=C3C=C2)cc1)N1CCOCC1. The molecule has 2 aromatic heterocycles. The Balaban J connectivity index is 1.24. The van der Waals surface area contributed by atoms with Gasteiger partial charge in [0, 0.05) is 53.9 Å². The van der Waals surface area contributed by atoms with Gasteiger partial charge in [-0.25, -0.2) is 4.98 Å². The molecule has 0 unspecified atom stereocenters. The van der Waals surface area contributed by atoms with Crippen molar-refractivity contribution in [2.24, 2.45) is 0 Å². The van der Waals surface area contributed by atoms with Crippen molar-refractivity contribution in [3.05, 3.63) is 107 Å². The molecule has 5 heterocycles. The van der Waals surface area contributed by atoms with E-state index in [1.54, 1.807) is 6.20 Å². The van der Waals surface area contributed by atoms with Gasteiger partial charge in [0.1, 0.15) is 5.65 Å². The molecule has 35 heavy (non-hydrogen) atoms. The van der Waals surface area contributed by atoms with Crippen LogP contribution in [0.15, 0.2) is 90.7 Å². The van der Waals surface area contributed by atoms with Gasteiger partial charge in [-0.15, -0.1) is 0 Å². The summed E-state index contributed by atoms with van der Waals surface area (Å²) >= 11 is 0. The van der Waals surface area contributed by atoms with E-state index in [0.717, 1.165) is 45.5 Å². The van der Waals surface area contributed by atoms with Gasteiger partial charge in [0.15, 0.2) is 0 Å². The average molecular weight is 461 g/mol. The van der Waals surface area contributed by atoms with Crippen LogP contribution in [0.5, 0.6) is 0 Å². The molecule has 6 rings (SSSR count). The van der Waals surface area contributed by atoms with Crippen LogP contribution in [0.25, 0.3) is 16.6 Å². The maximum absolute atomic E-state index is 12.8. The number of hydrogen-bond donors (Lipinski definition) is 1. The Morgan fingerprint density at radius 2 is 1.86 bits per heavy atom. The Morgan fingerprint density at radius 1 is 1.00 bits per heavy atom. The number of nitrogens with zero attached hydrogens (tertiary/aromatic N) is 3. The van der Waals surface area contributed by atoms with Crippen molar-refractivity contribution in [3.63, 3.8) is 0 Å². The fraction of sp³-hybridized carbons (Fsp3) is 0.172. The number of carbonyl (C=O) groups is 1. The molecule has 0 spiro atoms. The molecule has 0 saturated carbocycles. The van der Waals surface area contributed by atoms with Crippen LogP contribution in [-0.2, 0) is 4.74 Å². The van der Waals surface area contributed by atoms with E-state index in [2.05, 4.69) is 57.2 Å². The number of benzene rings is 1. The van der Waals surface area contributed by atoms with Crippen LogP contribution in [0.1, 0.15) is 27.9 Å². The Bertz CT molecular complexity index is 1470. The fourth-order valence-corrected chi connectivity index (χ4v) is 4.51. The topological polar surface area (TPSA) is 61.5 Å². The first-order valence-electron chi connectivity index (χ1n) is 11.8. The van der Waals surface area contributed by atoms with E-state index in [1.807, 2.05) is 47.5 Å². The lowest BCUT2D eigenvalue weighted by atomic mass is 9.99.